The molecule has 0 radical (unpaired) electrons. The summed E-state index contributed by atoms with van der Waals surface area (Å²) in [5.41, 5.74) is -1.09. The van der Waals surface area contributed by atoms with Gasteiger partial charge in [0.25, 0.3) is 0 Å². The number of esters is 1. The van der Waals surface area contributed by atoms with Gasteiger partial charge < -0.3 is 9.47 Å². The molecule has 0 saturated heterocycles. The Morgan fingerprint density at radius 1 is 1.35 bits per heavy atom. The van der Waals surface area contributed by atoms with Gasteiger partial charge in [-0.25, -0.2) is 4.79 Å². The third-order valence-electron chi connectivity index (χ3n) is 2.23. The van der Waals surface area contributed by atoms with Gasteiger partial charge in [-0.1, -0.05) is 0 Å². The first kappa shape index (κ1) is 16.0. The lowest BCUT2D eigenvalue weighted by molar-refractivity contribution is -0.141. The maximum Gasteiger partial charge on any atom is 0.433 e. The molecule has 0 unspecified atom stereocenters. The highest BCUT2D eigenvalue weighted by atomic mass is 19.4. The molecule has 1 heterocycles. The molecule has 1 aromatic rings. The quantitative estimate of drug-likeness (QED) is 0.616. The zero-order valence-corrected chi connectivity index (χ0v) is 11.0. The Morgan fingerprint density at radius 3 is 2.60 bits per heavy atom. The highest BCUT2D eigenvalue weighted by molar-refractivity contribution is 5.93. The van der Waals surface area contributed by atoms with Crippen molar-refractivity contribution in [1.82, 2.24) is 4.98 Å². The van der Waals surface area contributed by atoms with Crippen LogP contribution in [0.25, 0.3) is 6.08 Å². The van der Waals surface area contributed by atoms with Gasteiger partial charge >= 0.3 is 12.1 Å². The lowest BCUT2D eigenvalue weighted by Gasteiger charge is -2.10. The van der Waals surface area contributed by atoms with Crippen molar-refractivity contribution in [2.75, 3.05) is 13.2 Å². The zero-order valence-electron chi connectivity index (χ0n) is 11.0. The fraction of sp³-hybridized carbons (Fsp3) is 0.385. The minimum Gasteiger partial charge on any atom is -0.501 e. The van der Waals surface area contributed by atoms with Gasteiger partial charge in [0, 0.05) is 6.20 Å². The van der Waals surface area contributed by atoms with Crippen molar-refractivity contribution in [2.45, 2.75) is 20.0 Å². The van der Waals surface area contributed by atoms with Crippen LogP contribution in [0.1, 0.15) is 35.5 Å². The Labute approximate surface area is 114 Å². The fourth-order valence-electron chi connectivity index (χ4n) is 1.36. The van der Waals surface area contributed by atoms with E-state index in [4.69, 9.17) is 9.47 Å². The van der Waals surface area contributed by atoms with Crippen LogP contribution in [0.15, 0.2) is 18.5 Å². The summed E-state index contributed by atoms with van der Waals surface area (Å²) in [4.78, 5) is 14.9. The predicted octanol–water partition coefficient (Wildman–Crippen LogP) is 3.28. The smallest absolute Gasteiger partial charge is 0.433 e. The van der Waals surface area contributed by atoms with E-state index in [0.717, 1.165) is 12.3 Å². The molecule has 0 saturated carbocycles. The molecule has 4 nitrogen and oxygen atoms in total. The largest absolute Gasteiger partial charge is 0.501 e. The van der Waals surface area contributed by atoms with Gasteiger partial charge in [-0.05, 0) is 31.6 Å². The van der Waals surface area contributed by atoms with Crippen LogP contribution in [0.5, 0.6) is 0 Å². The summed E-state index contributed by atoms with van der Waals surface area (Å²) < 4.78 is 47.5. The van der Waals surface area contributed by atoms with Gasteiger partial charge in [-0.2, -0.15) is 13.2 Å². The zero-order chi connectivity index (χ0) is 15.2. The number of alkyl halides is 3. The van der Waals surface area contributed by atoms with E-state index < -0.39 is 17.8 Å². The SMILES string of the molecule is CCO/C=C/c1cc(C(F)(F)F)ncc1C(=O)OCC. The standard InChI is InChI=1S/C13H14F3NO3/c1-3-19-6-5-9-7-11(13(14,15)16)17-8-10(9)12(18)20-4-2/h5-8H,3-4H2,1-2H3/b6-5+. The number of pyridine rings is 1. The molecular formula is C13H14F3NO3. The average molecular weight is 289 g/mol. The number of halogens is 3. The Bertz CT molecular complexity index is 498. The van der Waals surface area contributed by atoms with Gasteiger partial charge in [0.2, 0.25) is 0 Å². The number of carbonyl (C=O) groups excluding carboxylic acids is 1. The predicted molar refractivity (Wildman–Crippen MR) is 65.9 cm³/mol. The first-order valence-electron chi connectivity index (χ1n) is 5.92. The molecule has 0 bridgehead atoms. The van der Waals surface area contributed by atoms with Crippen molar-refractivity contribution in [2.24, 2.45) is 0 Å². The summed E-state index contributed by atoms with van der Waals surface area (Å²) in [6, 6.07) is 0.780. The number of ether oxygens (including phenoxy) is 2. The number of rotatable bonds is 5. The molecule has 0 fully saturated rings. The summed E-state index contributed by atoms with van der Waals surface area (Å²) in [7, 11) is 0. The second-order valence-corrected chi connectivity index (χ2v) is 3.63. The van der Waals surface area contributed by atoms with Gasteiger partial charge in [-0.3, -0.25) is 4.98 Å². The van der Waals surface area contributed by atoms with Crippen molar-refractivity contribution in [3.63, 3.8) is 0 Å². The van der Waals surface area contributed by atoms with Gasteiger partial charge in [0.1, 0.15) is 5.69 Å². The minimum atomic E-state index is -4.58. The molecular weight excluding hydrogens is 275 g/mol. The number of nitrogens with zero attached hydrogens (tertiary/aromatic N) is 1. The monoisotopic (exact) mass is 289 g/mol. The maximum atomic E-state index is 12.6. The van der Waals surface area contributed by atoms with E-state index in [9.17, 15) is 18.0 Å². The molecule has 0 aliphatic carbocycles. The van der Waals surface area contributed by atoms with E-state index >= 15 is 0 Å². The molecule has 0 amide bonds. The Balaban J connectivity index is 3.19. The van der Waals surface area contributed by atoms with E-state index in [0.29, 0.717) is 6.61 Å². The molecule has 0 atom stereocenters. The summed E-state index contributed by atoms with van der Waals surface area (Å²) in [6.07, 6.45) is -1.24. The normalized spacial score (nSPS) is 11.7. The average Bonchev–Trinajstić information content (AvgIpc) is 2.38. The van der Waals surface area contributed by atoms with E-state index in [-0.39, 0.29) is 17.7 Å². The lowest BCUT2D eigenvalue weighted by Crippen LogP contribution is -2.12. The summed E-state index contributed by atoms with van der Waals surface area (Å²) >= 11 is 0. The highest BCUT2D eigenvalue weighted by Crippen LogP contribution is 2.29. The Morgan fingerprint density at radius 2 is 2.05 bits per heavy atom. The Kier molecular flexibility index (Phi) is 5.54. The summed E-state index contributed by atoms with van der Waals surface area (Å²) in [6.45, 7) is 3.81. The van der Waals surface area contributed by atoms with Crippen LogP contribution in [0.3, 0.4) is 0 Å². The Hall–Kier alpha value is -2.05. The van der Waals surface area contributed by atoms with Crippen LogP contribution < -0.4 is 0 Å². The second kappa shape index (κ2) is 6.93. The van der Waals surface area contributed by atoms with Crippen molar-refractivity contribution < 1.29 is 27.4 Å². The van der Waals surface area contributed by atoms with Crippen LogP contribution in [0.4, 0.5) is 13.2 Å². The number of carbonyl (C=O) groups is 1. The lowest BCUT2D eigenvalue weighted by atomic mass is 10.1. The molecule has 7 heteroatoms. The van der Waals surface area contributed by atoms with Crippen LogP contribution >= 0.6 is 0 Å². The van der Waals surface area contributed by atoms with Gasteiger partial charge in [0.05, 0.1) is 25.0 Å². The number of hydrogen-bond acceptors (Lipinski definition) is 4. The first-order chi connectivity index (χ1) is 9.40. The van der Waals surface area contributed by atoms with Crippen molar-refractivity contribution in [1.29, 1.82) is 0 Å². The fourth-order valence-corrected chi connectivity index (χ4v) is 1.36. The molecule has 1 aromatic heterocycles. The van der Waals surface area contributed by atoms with E-state index in [1.54, 1.807) is 13.8 Å². The van der Waals surface area contributed by atoms with Crippen LogP contribution in [0.2, 0.25) is 0 Å². The molecule has 0 aliphatic rings. The number of hydrogen-bond donors (Lipinski definition) is 0. The maximum absolute atomic E-state index is 12.6. The third-order valence-corrected chi connectivity index (χ3v) is 2.23. The van der Waals surface area contributed by atoms with Crippen molar-refractivity contribution >= 4 is 12.0 Å². The molecule has 0 N–H and O–H groups in total. The molecule has 1 rings (SSSR count). The van der Waals surface area contributed by atoms with Crippen LogP contribution in [-0.4, -0.2) is 24.2 Å². The topological polar surface area (TPSA) is 48.4 Å². The molecule has 110 valence electrons. The molecule has 20 heavy (non-hydrogen) atoms. The summed E-state index contributed by atoms with van der Waals surface area (Å²) in [5.74, 6) is -0.732. The first-order valence-corrected chi connectivity index (χ1v) is 5.92. The van der Waals surface area contributed by atoms with E-state index in [2.05, 4.69) is 4.98 Å². The molecule has 0 spiro atoms. The van der Waals surface area contributed by atoms with Gasteiger partial charge in [-0.15, -0.1) is 0 Å². The third kappa shape index (κ3) is 4.25. The van der Waals surface area contributed by atoms with Gasteiger partial charge in [0.15, 0.2) is 0 Å². The highest BCUT2D eigenvalue weighted by Gasteiger charge is 2.33. The van der Waals surface area contributed by atoms with Crippen LogP contribution in [0, 0.1) is 0 Å². The van der Waals surface area contributed by atoms with Crippen molar-refractivity contribution in [3.05, 3.63) is 35.3 Å². The van der Waals surface area contributed by atoms with E-state index in [1.165, 1.54) is 12.3 Å². The number of aromatic nitrogens is 1. The van der Waals surface area contributed by atoms with Crippen molar-refractivity contribution in [3.8, 4) is 0 Å². The van der Waals surface area contributed by atoms with E-state index in [1.807, 2.05) is 0 Å². The summed E-state index contributed by atoms with van der Waals surface area (Å²) in [5, 5.41) is 0. The molecule has 0 aliphatic heterocycles. The van der Waals surface area contributed by atoms with Crippen LogP contribution in [-0.2, 0) is 15.7 Å². The minimum absolute atomic E-state index is 0.0409. The molecule has 0 aromatic carbocycles. The second-order valence-electron chi connectivity index (χ2n) is 3.63.